The van der Waals surface area contributed by atoms with E-state index in [9.17, 15) is 18.3 Å². The quantitative estimate of drug-likeness (QED) is 0.601. The Bertz CT molecular complexity index is 909. The summed E-state index contributed by atoms with van der Waals surface area (Å²) in [6.45, 7) is 4.29. The highest BCUT2D eigenvalue weighted by Gasteiger charge is 2.19. The molecule has 8 nitrogen and oxygen atoms in total. The Balaban J connectivity index is 2.37. The van der Waals surface area contributed by atoms with Crippen LogP contribution in [-0.4, -0.2) is 37.8 Å². The maximum atomic E-state index is 12.6. The van der Waals surface area contributed by atoms with E-state index in [4.69, 9.17) is 14.6 Å². The Labute approximate surface area is 151 Å². The van der Waals surface area contributed by atoms with Gasteiger partial charge in [-0.05, 0) is 44.2 Å². The van der Waals surface area contributed by atoms with Crippen LogP contribution in [0, 0.1) is 0 Å². The number of carboxylic acid groups (broad SMARTS) is 1. The lowest BCUT2D eigenvalue weighted by Gasteiger charge is -2.14. The fourth-order valence-corrected chi connectivity index (χ4v) is 3.25. The molecule has 0 radical (unpaired) electrons. The van der Waals surface area contributed by atoms with Gasteiger partial charge in [0.2, 0.25) is 0 Å². The molecule has 26 heavy (non-hydrogen) atoms. The number of hydrogen-bond donors (Lipinski definition) is 3. The first-order valence-electron chi connectivity index (χ1n) is 7.77. The molecule has 0 spiro atoms. The van der Waals surface area contributed by atoms with Gasteiger partial charge < -0.3 is 19.7 Å². The van der Waals surface area contributed by atoms with Crippen LogP contribution in [0.5, 0.6) is 17.2 Å². The Morgan fingerprint density at radius 1 is 1.04 bits per heavy atom. The molecular weight excluding hydrogens is 362 g/mol. The highest BCUT2D eigenvalue weighted by atomic mass is 32.2. The molecule has 0 unspecified atom stereocenters. The van der Waals surface area contributed by atoms with E-state index >= 15 is 0 Å². The number of aromatic hydroxyl groups is 1. The number of aromatic carboxylic acids is 1. The number of carboxylic acids is 1. The first-order valence-corrected chi connectivity index (χ1v) is 9.25. The maximum Gasteiger partial charge on any atom is 0.339 e. The molecule has 0 atom stereocenters. The van der Waals surface area contributed by atoms with Crippen molar-refractivity contribution in [2.24, 2.45) is 0 Å². The van der Waals surface area contributed by atoms with Gasteiger partial charge >= 0.3 is 5.97 Å². The van der Waals surface area contributed by atoms with Crippen molar-refractivity contribution in [1.82, 2.24) is 0 Å². The summed E-state index contributed by atoms with van der Waals surface area (Å²) in [6, 6.07) is 7.57. The van der Waals surface area contributed by atoms with Crippen molar-refractivity contribution in [3.63, 3.8) is 0 Å². The Morgan fingerprint density at radius 3 is 2.31 bits per heavy atom. The van der Waals surface area contributed by atoms with E-state index in [0.717, 1.165) is 12.1 Å². The number of ether oxygens (including phenoxy) is 2. The summed E-state index contributed by atoms with van der Waals surface area (Å²) in [4.78, 5) is 11.0. The Hall–Kier alpha value is -2.94. The summed E-state index contributed by atoms with van der Waals surface area (Å²) < 4.78 is 38.2. The second-order valence-corrected chi connectivity index (χ2v) is 6.80. The first-order chi connectivity index (χ1) is 12.3. The number of rotatable bonds is 8. The number of phenols is 1. The van der Waals surface area contributed by atoms with Crippen LogP contribution in [0.1, 0.15) is 24.2 Å². The summed E-state index contributed by atoms with van der Waals surface area (Å²) in [6.07, 6.45) is 0. The van der Waals surface area contributed by atoms with Gasteiger partial charge in [0.1, 0.15) is 11.3 Å². The van der Waals surface area contributed by atoms with Crippen LogP contribution in [0.2, 0.25) is 0 Å². The van der Waals surface area contributed by atoms with Crippen LogP contribution >= 0.6 is 0 Å². The molecule has 0 aromatic heterocycles. The lowest BCUT2D eigenvalue weighted by atomic mass is 10.2. The molecule has 0 bridgehead atoms. The van der Waals surface area contributed by atoms with Gasteiger partial charge in [-0.15, -0.1) is 0 Å². The summed E-state index contributed by atoms with van der Waals surface area (Å²) in [5, 5.41) is 18.5. The van der Waals surface area contributed by atoms with Gasteiger partial charge in [-0.25, -0.2) is 13.2 Å². The second kappa shape index (κ2) is 7.96. The second-order valence-electron chi connectivity index (χ2n) is 5.12. The van der Waals surface area contributed by atoms with E-state index in [-0.39, 0.29) is 16.3 Å². The molecule has 0 aliphatic heterocycles. The topological polar surface area (TPSA) is 122 Å². The average Bonchev–Trinajstić information content (AvgIpc) is 2.58. The van der Waals surface area contributed by atoms with Crippen molar-refractivity contribution in [1.29, 1.82) is 0 Å². The summed E-state index contributed by atoms with van der Waals surface area (Å²) in [5.41, 5.74) is -0.404. The molecule has 140 valence electrons. The smallest absolute Gasteiger partial charge is 0.339 e. The van der Waals surface area contributed by atoms with Crippen LogP contribution in [0.3, 0.4) is 0 Å². The van der Waals surface area contributed by atoms with Gasteiger partial charge in [0.15, 0.2) is 11.5 Å². The molecule has 0 aliphatic rings. The molecule has 2 rings (SSSR count). The first kappa shape index (κ1) is 19.4. The van der Waals surface area contributed by atoms with Gasteiger partial charge in [0, 0.05) is 11.8 Å². The zero-order valence-corrected chi connectivity index (χ0v) is 15.0. The van der Waals surface area contributed by atoms with Crippen LogP contribution in [-0.2, 0) is 10.0 Å². The maximum absolute atomic E-state index is 12.6. The predicted octanol–water partition coefficient (Wildman–Crippen LogP) is 2.69. The van der Waals surface area contributed by atoms with Gasteiger partial charge in [-0.1, -0.05) is 0 Å². The molecule has 9 heteroatoms. The molecule has 0 amide bonds. The lowest BCUT2D eigenvalue weighted by Crippen LogP contribution is -2.14. The zero-order chi connectivity index (χ0) is 19.3. The number of nitrogens with one attached hydrogen (secondary N) is 1. The number of sulfonamides is 1. The van der Waals surface area contributed by atoms with E-state index < -0.39 is 27.3 Å². The fourth-order valence-electron chi connectivity index (χ4n) is 2.18. The standard InChI is InChI=1S/C17H19NO7S/c1-3-24-15-8-6-12(10-16(15)25-4-2)26(22,23)18-11-5-7-14(19)13(9-11)17(20)21/h5-10,18-19H,3-4H2,1-2H3,(H,20,21). The minimum atomic E-state index is -4.00. The van der Waals surface area contributed by atoms with E-state index in [1.807, 2.05) is 0 Å². The number of hydrogen-bond acceptors (Lipinski definition) is 6. The van der Waals surface area contributed by atoms with Crippen molar-refractivity contribution in [3.8, 4) is 17.2 Å². The molecule has 2 aromatic rings. The molecular formula is C17H19NO7S. The summed E-state index contributed by atoms with van der Waals surface area (Å²) in [7, 11) is -4.00. The van der Waals surface area contributed by atoms with Gasteiger partial charge in [-0.2, -0.15) is 0 Å². The molecule has 0 saturated carbocycles. The number of anilines is 1. The van der Waals surface area contributed by atoms with Crippen LogP contribution in [0.25, 0.3) is 0 Å². The highest BCUT2D eigenvalue weighted by Crippen LogP contribution is 2.31. The Kier molecular flexibility index (Phi) is 5.93. The predicted molar refractivity (Wildman–Crippen MR) is 94.7 cm³/mol. The molecule has 0 heterocycles. The summed E-state index contributed by atoms with van der Waals surface area (Å²) in [5.74, 6) is -1.12. The van der Waals surface area contributed by atoms with Gasteiger partial charge in [0.25, 0.3) is 10.0 Å². The van der Waals surface area contributed by atoms with Crippen LogP contribution in [0.4, 0.5) is 5.69 Å². The highest BCUT2D eigenvalue weighted by molar-refractivity contribution is 7.92. The SMILES string of the molecule is CCOc1ccc(S(=O)(=O)Nc2ccc(O)c(C(=O)O)c2)cc1OCC. The third-order valence-electron chi connectivity index (χ3n) is 3.30. The third kappa shape index (κ3) is 4.37. The molecule has 2 aromatic carbocycles. The lowest BCUT2D eigenvalue weighted by molar-refractivity contribution is 0.0693. The van der Waals surface area contributed by atoms with Gasteiger partial charge in [-0.3, -0.25) is 4.72 Å². The largest absolute Gasteiger partial charge is 0.507 e. The van der Waals surface area contributed by atoms with Crippen molar-refractivity contribution < 1.29 is 32.9 Å². The van der Waals surface area contributed by atoms with E-state index in [1.165, 1.54) is 24.3 Å². The van der Waals surface area contributed by atoms with E-state index in [1.54, 1.807) is 13.8 Å². The van der Waals surface area contributed by atoms with Crippen LogP contribution < -0.4 is 14.2 Å². The zero-order valence-electron chi connectivity index (χ0n) is 14.2. The van der Waals surface area contributed by atoms with Crippen molar-refractivity contribution in [2.45, 2.75) is 18.7 Å². The molecule has 0 fully saturated rings. The van der Waals surface area contributed by atoms with Crippen molar-refractivity contribution in [2.75, 3.05) is 17.9 Å². The Morgan fingerprint density at radius 2 is 1.69 bits per heavy atom. The fraction of sp³-hybridized carbons (Fsp3) is 0.235. The van der Waals surface area contributed by atoms with E-state index in [0.29, 0.717) is 19.0 Å². The van der Waals surface area contributed by atoms with Gasteiger partial charge in [0.05, 0.1) is 18.1 Å². The number of carbonyl (C=O) groups is 1. The summed E-state index contributed by atoms with van der Waals surface area (Å²) >= 11 is 0. The van der Waals surface area contributed by atoms with Crippen LogP contribution in [0.15, 0.2) is 41.3 Å². The van der Waals surface area contributed by atoms with Crippen molar-refractivity contribution >= 4 is 21.7 Å². The minimum absolute atomic E-state index is 0.00652. The minimum Gasteiger partial charge on any atom is -0.507 e. The van der Waals surface area contributed by atoms with E-state index in [2.05, 4.69) is 4.72 Å². The number of benzene rings is 2. The monoisotopic (exact) mass is 381 g/mol. The van der Waals surface area contributed by atoms with Crippen molar-refractivity contribution in [3.05, 3.63) is 42.0 Å². The molecule has 3 N–H and O–H groups in total. The molecule has 0 aliphatic carbocycles. The third-order valence-corrected chi connectivity index (χ3v) is 4.68. The average molecular weight is 381 g/mol. The normalized spacial score (nSPS) is 11.0. The molecule has 0 saturated heterocycles.